The van der Waals surface area contributed by atoms with Crippen LogP contribution in [-0.4, -0.2) is 36.7 Å². The zero-order chi connectivity index (χ0) is 21.8. The van der Waals surface area contributed by atoms with E-state index in [1.54, 1.807) is 18.2 Å². The number of aromatic nitrogens is 1. The predicted molar refractivity (Wildman–Crippen MR) is 124 cm³/mol. The number of sulfonamides is 1. The second kappa shape index (κ2) is 9.48. The highest BCUT2D eigenvalue weighted by Crippen LogP contribution is 2.30. The molecule has 0 aliphatic carbocycles. The van der Waals surface area contributed by atoms with Crippen molar-refractivity contribution in [3.8, 4) is 11.3 Å². The zero-order valence-electron chi connectivity index (χ0n) is 16.8. The lowest BCUT2D eigenvalue weighted by atomic mass is 10.2. The second-order valence-electron chi connectivity index (χ2n) is 7.32. The molecule has 1 N–H and O–H groups in total. The monoisotopic (exact) mass is 475 g/mol. The number of nitrogens with zero attached hydrogens (tertiary/aromatic N) is 2. The van der Waals surface area contributed by atoms with Gasteiger partial charge in [-0.25, -0.2) is 13.4 Å². The Hall–Kier alpha value is -2.26. The second-order valence-corrected chi connectivity index (χ2v) is 10.5. The van der Waals surface area contributed by atoms with Crippen molar-refractivity contribution in [3.05, 3.63) is 64.5 Å². The van der Waals surface area contributed by atoms with E-state index in [-0.39, 0.29) is 10.5 Å². The maximum Gasteiger partial charge on any atom is 0.257 e. The minimum atomic E-state index is -3.63. The molecule has 0 atom stereocenters. The summed E-state index contributed by atoms with van der Waals surface area (Å²) in [6, 6.07) is 13.5. The van der Waals surface area contributed by atoms with Crippen molar-refractivity contribution in [2.75, 3.05) is 18.4 Å². The molecular weight excluding hydrogens is 454 g/mol. The highest BCUT2D eigenvalue weighted by molar-refractivity contribution is 7.89. The van der Waals surface area contributed by atoms with Crippen molar-refractivity contribution >= 4 is 44.0 Å². The molecule has 1 aromatic heterocycles. The minimum absolute atomic E-state index is 0.137. The molecule has 9 heteroatoms. The lowest BCUT2D eigenvalue weighted by Gasteiger charge is -2.20. The van der Waals surface area contributed by atoms with Gasteiger partial charge in [-0.3, -0.25) is 10.1 Å². The van der Waals surface area contributed by atoms with Crippen LogP contribution in [0.1, 0.15) is 36.0 Å². The molecular formula is C22H22ClN3O3S2. The molecule has 6 nitrogen and oxygen atoms in total. The Bertz CT molecular complexity index is 1190. The molecule has 4 rings (SSSR count). The van der Waals surface area contributed by atoms with Gasteiger partial charge >= 0.3 is 0 Å². The number of hydrogen-bond acceptors (Lipinski definition) is 5. The first-order chi connectivity index (χ1) is 14.9. The fourth-order valence-electron chi connectivity index (χ4n) is 3.52. The molecule has 2 aromatic carbocycles. The molecule has 0 radical (unpaired) electrons. The number of anilines is 1. The lowest BCUT2D eigenvalue weighted by molar-refractivity contribution is 0.102. The van der Waals surface area contributed by atoms with Crippen LogP contribution in [0.25, 0.3) is 11.3 Å². The summed E-state index contributed by atoms with van der Waals surface area (Å²) in [5.74, 6) is -0.409. The summed E-state index contributed by atoms with van der Waals surface area (Å²) in [6.07, 6.45) is 3.80. The van der Waals surface area contributed by atoms with E-state index >= 15 is 0 Å². The highest BCUT2D eigenvalue weighted by atomic mass is 35.5. The van der Waals surface area contributed by atoms with Crippen molar-refractivity contribution in [1.29, 1.82) is 0 Å². The van der Waals surface area contributed by atoms with Gasteiger partial charge in [-0.1, -0.05) is 48.7 Å². The van der Waals surface area contributed by atoms with Crippen LogP contribution >= 0.6 is 22.9 Å². The van der Waals surface area contributed by atoms with Crippen LogP contribution in [0.5, 0.6) is 0 Å². The van der Waals surface area contributed by atoms with Crippen LogP contribution in [0, 0.1) is 0 Å². The van der Waals surface area contributed by atoms with Gasteiger partial charge in [0, 0.05) is 34.6 Å². The van der Waals surface area contributed by atoms with Crippen molar-refractivity contribution in [2.45, 2.75) is 30.6 Å². The van der Waals surface area contributed by atoms with Gasteiger partial charge in [0.05, 0.1) is 10.6 Å². The topological polar surface area (TPSA) is 79.4 Å². The quantitative estimate of drug-likeness (QED) is 0.544. The summed E-state index contributed by atoms with van der Waals surface area (Å²) in [7, 11) is -3.63. The molecule has 0 bridgehead atoms. The molecule has 1 fully saturated rings. The largest absolute Gasteiger partial charge is 0.298 e. The fourth-order valence-corrected chi connectivity index (χ4v) is 6.02. The Morgan fingerprint density at radius 2 is 1.77 bits per heavy atom. The Morgan fingerprint density at radius 3 is 2.52 bits per heavy atom. The molecule has 1 aliphatic heterocycles. The summed E-state index contributed by atoms with van der Waals surface area (Å²) in [5, 5.41) is 5.57. The summed E-state index contributed by atoms with van der Waals surface area (Å²) in [6.45, 7) is 1.03. The number of amides is 1. The summed E-state index contributed by atoms with van der Waals surface area (Å²) < 4.78 is 27.6. The number of nitrogens with one attached hydrogen (secondary N) is 1. The SMILES string of the molecule is O=C(Nc1nc(-c2ccccc2Cl)cs1)c1cccc(S(=O)(=O)N2CCCCCC2)c1. The van der Waals surface area contributed by atoms with E-state index < -0.39 is 15.9 Å². The average Bonchev–Trinajstić information content (AvgIpc) is 3.05. The van der Waals surface area contributed by atoms with Crippen LogP contribution in [0.2, 0.25) is 5.02 Å². The third kappa shape index (κ3) is 4.98. The van der Waals surface area contributed by atoms with E-state index in [4.69, 9.17) is 11.6 Å². The smallest absolute Gasteiger partial charge is 0.257 e. The summed E-state index contributed by atoms with van der Waals surface area (Å²) in [4.78, 5) is 17.3. The van der Waals surface area contributed by atoms with Gasteiger partial charge in [-0.05, 0) is 37.1 Å². The van der Waals surface area contributed by atoms with E-state index in [1.165, 1.54) is 27.8 Å². The molecule has 2 heterocycles. The maximum absolute atomic E-state index is 13.0. The number of hydrogen-bond donors (Lipinski definition) is 1. The fraction of sp³-hybridized carbons (Fsp3) is 0.273. The van der Waals surface area contributed by atoms with Gasteiger partial charge in [0.2, 0.25) is 10.0 Å². The van der Waals surface area contributed by atoms with E-state index in [2.05, 4.69) is 10.3 Å². The molecule has 3 aromatic rings. The van der Waals surface area contributed by atoms with Gasteiger partial charge in [0.25, 0.3) is 5.91 Å². The number of rotatable bonds is 5. The number of carbonyl (C=O) groups excluding carboxylic acids is 1. The number of thiazole rings is 1. The van der Waals surface area contributed by atoms with Gasteiger partial charge in [-0.15, -0.1) is 11.3 Å². The van der Waals surface area contributed by atoms with Crippen molar-refractivity contribution < 1.29 is 13.2 Å². The van der Waals surface area contributed by atoms with E-state index in [1.807, 2.05) is 23.6 Å². The molecule has 0 saturated carbocycles. The molecule has 0 unspecified atom stereocenters. The Kier molecular flexibility index (Phi) is 6.71. The van der Waals surface area contributed by atoms with Crippen molar-refractivity contribution in [2.24, 2.45) is 0 Å². The van der Waals surface area contributed by atoms with Gasteiger partial charge in [0.15, 0.2) is 5.13 Å². The molecule has 0 spiro atoms. The van der Waals surface area contributed by atoms with Crippen molar-refractivity contribution in [3.63, 3.8) is 0 Å². The van der Waals surface area contributed by atoms with Gasteiger partial charge in [0.1, 0.15) is 0 Å². The Balaban J connectivity index is 1.52. The maximum atomic E-state index is 13.0. The summed E-state index contributed by atoms with van der Waals surface area (Å²) in [5.41, 5.74) is 1.72. The van der Waals surface area contributed by atoms with Crippen LogP contribution in [0.4, 0.5) is 5.13 Å². The van der Waals surface area contributed by atoms with Gasteiger partial charge < -0.3 is 0 Å². The number of carbonyl (C=O) groups is 1. The first-order valence-electron chi connectivity index (χ1n) is 10.1. The Labute approximate surface area is 190 Å². The highest BCUT2D eigenvalue weighted by Gasteiger charge is 2.26. The molecule has 1 aliphatic rings. The van der Waals surface area contributed by atoms with E-state index in [0.717, 1.165) is 31.2 Å². The minimum Gasteiger partial charge on any atom is -0.298 e. The Morgan fingerprint density at radius 1 is 1.03 bits per heavy atom. The first kappa shape index (κ1) is 22.0. The standard InChI is InChI=1S/C22H22ClN3O3S2/c23-19-11-4-3-10-18(19)20-15-30-22(24-20)25-21(27)16-8-7-9-17(14-16)31(28,29)26-12-5-1-2-6-13-26/h3-4,7-11,14-15H,1-2,5-6,12-13H2,(H,24,25,27). The predicted octanol–water partition coefficient (Wildman–Crippen LogP) is 5.28. The van der Waals surface area contributed by atoms with Crippen molar-refractivity contribution in [1.82, 2.24) is 9.29 Å². The van der Waals surface area contributed by atoms with Crippen LogP contribution < -0.4 is 5.32 Å². The van der Waals surface area contributed by atoms with Crippen LogP contribution in [0.3, 0.4) is 0 Å². The van der Waals surface area contributed by atoms with Crippen LogP contribution in [-0.2, 0) is 10.0 Å². The lowest BCUT2D eigenvalue weighted by Crippen LogP contribution is -2.32. The summed E-state index contributed by atoms with van der Waals surface area (Å²) >= 11 is 7.50. The third-order valence-electron chi connectivity index (χ3n) is 5.17. The van der Waals surface area contributed by atoms with E-state index in [9.17, 15) is 13.2 Å². The molecule has 1 saturated heterocycles. The molecule has 31 heavy (non-hydrogen) atoms. The zero-order valence-corrected chi connectivity index (χ0v) is 19.1. The number of halogens is 1. The molecule has 1 amide bonds. The third-order valence-corrected chi connectivity index (χ3v) is 8.16. The average molecular weight is 476 g/mol. The number of benzene rings is 2. The molecule has 162 valence electrons. The normalized spacial score (nSPS) is 15.4. The van der Waals surface area contributed by atoms with Gasteiger partial charge in [-0.2, -0.15) is 4.31 Å². The first-order valence-corrected chi connectivity index (χ1v) is 12.8. The van der Waals surface area contributed by atoms with E-state index in [0.29, 0.717) is 28.9 Å². The van der Waals surface area contributed by atoms with Crippen LogP contribution in [0.15, 0.2) is 58.8 Å².